The summed E-state index contributed by atoms with van der Waals surface area (Å²) in [5, 5.41) is 5.07. The number of para-hydroxylation sites is 1. The first-order valence-corrected chi connectivity index (χ1v) is 22.8. The molecule has 0 saturated heterocycles. The van der Waals surface area contributed by atoms with Gasteiger partial charge in [-0.25, -0.2) is 0 Å². The molecule has 0 unspecified atom stereocenters. The molecule has 62 heavy (non-hydrogen) atoms. The molecule has 1 nitrogen and oxygen atoms in total. The highest BCUT2D eigenvalue weighted by atomic mass is 32.1. The van der Waals surface area contributed by atoms with Gasteiger partial charge in [0, 0.05) is 37.2 Å². The molecular formula is C60H47NS. The smallest absolute Gasteiger partial charge is 0.0713 e. The van der Waals surface area contributed by atoms with Gasteiger partial charge in [0.2, 0.25) is 0 Å². The van der Waals surface area contributed by atoms with Crippen LogP contribution < -0.4 is 4.90 Å². The average Bonchev–Trinajstić information content (AvgIpc) is 3.88. The number of hydrogen-bond donors (Lipinski definition) is 0. The molecule has 1 aromatic heterocycles. The van der Waals surface area contributed by atoms with Crippen molar-refractivity contribution in [2.75, 3.05) is 4.90 Å². The van der Waals surface area contributed by atoms with E-state index in [2.05, 4.69) is 233 Å². The van der Waals surface area contributed by atoms with Gasteiger partial charge in [-0.2, -0.15) is 0 Å². The van der Waals surface area contributed by atoms with Crippen LogP contribution in [-0.2, 0) is 16.2 Å². The molecule has 0 radical (unpaired) electrons. The number of fused-ring (bicyclic) bond motifs is 8. The number of hydrogen-bond acceptors (Lipinski definition) is 2. The molecule has 9 aromatic carbocycles. The Morgan fingerprint density at radius 1 is 0.403 bits per heavy atom. The van der Waals surface area contributed by atoms with Gasteiger partial charge in [0.05, 0.1) is 5.41 Å². The Bertz CT molecular complexity index is 3330. The fraction of sp³-hybridized carbons (Fsp3) is 0.133. The van der Waals surface area contributed by atoms with Crippen molar-refractivity contribution in [1.82, 2.24) is 0 Å². The Labute approximate surface area is 368 Å². The molecule has 0 atom stereocenters. The van der Waals surface area contributed by atoms with Crippen molar-refractivity contribution in [3.63, 3.8) is 0 Å². The third-order valence-electron chi connectivity index (χ3n) is 14.1. The van der Waals surface area contributed by atoms with Crippen molar-refractivity contribution in [3.8, 4) is 22.3 Å². The molecule has 0 spiro atoms. The quantitative estimate of drug-likeness (QED) is 0.162. The molecule has 2 heteroatoms. The topological polar surface area (TPSA) is 3.24 Å². The third kappa shape index (κ3) is 5.46. The standard InChI is InChI=1S/C60H47NS/c1-58(2)38-59(3,4)54-37-52-50(36-53(54)58)57-47(24-16-25-51(57)60(52,42-17-8-5-9-18-42)43-19-10-6-11-20-43)40-28-27-39-29-30-45(34-41(39)33-40)61(44-21-12-7-13-22-44)46-31-32-49-48-23-14-15-26-55(48)62-56(49)35-46/h5-37H,38H2,1-4H3. The highest BCUT2D eigenvalue weighted by Gasteiger charge is 2.50. The van der Waals surface area contributed by atoms with Crippen LogP contribution in [0.2, 0.25) is 0 Å². The predicted molar refractivity (Wildman–Crippen MR) is 265 cm³/mol. The Morgan fingerprint density at radius 3 is 1.76 bits per heavy atom. The molecule has 0 amide bonds. The Kier molecular flexibility index (Phi) is 8.15. The van der Waals surface area contributed by atoms with E-state index in [1.165, 1.54) is 86.6 Å². The minimum atomic E-state index is -0.475. The van der Waals surface area contributed by atoms with Crippen molar-refractivity contribution >= 4 is 59.3 Å². The lowest BCUT2D eigenvalue weighted by molar-refractivity contribution is 0.403. The lowest BCUT2D eigenvalue weighted by Crippen LogP contribution is -2.29. The molecule has 0 saturated carbocycles. The summed E-state index contributed by atoms with van der Waals surface area (Å²) in [4.78, 5) is 2.41. The first kappa shape index (κ1) is 37.1. The van der Waals surface area contributed by atoms with Crippen LogP contribution in [0.3, 0.4) is 0 Å². The van der Waals surface area contributed by atoms with Crippen LogP contribution in [0.5, 0.6) is 0 Å². The van der Waals surface area contributed by atoms with Crippen molar-refractivity contribution in [3.05, 3.63) is 234 Å². The molecule has 2 aliphatic carbocycles. The summed E-state index contributed by atoms with van der Waals surface area (Å²) in [6.45, 7) is 9.77. The molecular weight excluding hydrogens is 767 g/mol. The number of benzene rings is 9. The van der Waals surface area contributed by atoms with Crippen molar-refractivity contribution in [2.45, 2.75) is 50.4 Å². The highest BCUT2D eigenvalue weighted by molar-refractivity contribution is 7.25. The number of thiophene rings is 1. The summed E-state index contributed by atoms with van der Waals surface area (Å²) in [6, 6.07) is 75.3. The lowest BCUT2D eigenvalue weighted by Gasteiger charge is -2.34. The van der Waals surface area contributed by atoms with Crippen LogP contribution in [0, 0.1) is 0 Å². The van der Waals surface area contributed by atoms with Crippen LogP contribution >= 0.6 is 11.3 Å². The average molecular weight is 814 g/mol. The van der Waals surface area contributed by atoms with E-state index < -0.39 is 5.41 Å². The van der Waals surface area contributed by atoms with Gasteiger partial charge in [-0.3, -0.25) is 0 Å². The Balaban J connectivity index is 1.07. The molecule has 10 aromatic rings. The Hall–Kier alpha value is -6.74. The fourth-order valence-electron chi connectivity index (χ4n) is 11.7. The SMILES string of the molecule is CC1(C)CC(C)(C)c2cc3c(cc21)-c1c(-c2ccc4ccc(N(c5ccccc5)c5ccc6c(c5)sc5ccccc56)cc4c2)cccc1C3(c1ccccc1)c1ccccc1. The van der Waals surface area contributed by atoms with Gasteiger partial charge in [0.25, 0.3) is 0 Å². The molecule has 0 fully saturated rings. The van der Waals surface area contributed by atoms with E-state index in [-0.39, 0.29) is 10.8 Å². The number of anilines is 3. The van der Waals surface area contributed by atoms with Gasteiger partial charge in [0.1, 0.15) is 0 Å². The normalized spacial score (nSPS) is 15.4. The monoisotopic (exact) mass is 813 g/mol. The van der Waals surface area contributed by atoms with Gasteiger partial charge in [0.15, 0.2) is 0 Å². The summed E-state index contributed by atoms with van der Waals surface area (Å²) in [5.41, 5.74) is 16.6. The maximum Gasteiger partial charge on any atom is 0.0713 e. The van der Waals surface area contributed by atoms with E-state index in [4.69, 9.17) is 0 Å². The van der Waals surface area contributed by atoms with Gasteiger partial charge >= 0.3 is 0 Å². The van der Waals surface area contributed by atoms with Crippen LogP contribution in [-0.4, -0.2) is 0 Å². The van der Waals surface area contributed by atoms with Crippen molar-refractivity contribution < 1.29 is 0 Å². The van der Waals surface area contributed by atoms with E-state index in [0.29, 0.717) is 0 Å². The number of nitrogens with zero attached hydrogens (tertiary/aromatic N) is 1. The molecule has 1 heterocycles. The minimum Gasteiger partial charge on any atom is -0.310 e. The minimum absolute atomic E-state index is 0.0674. The van der Waals surface area contributed by atoms with E-state index >= 15 is 0 Å². The van der Waals surface area contributed by atoms with Gasteiger partial charge < -0.3 is 4.90 Å². The summed E-state index contributed by atoms with van der Waals surface area (Å²) in [6.07, 6.45) is 1.13. The van der Waals surface area contributed by atoms with E-state index in [1.807, 2.05) is 11.3 Å². The van der Waals surface area contributed by atoms with Crippen LogP contribution in [0.25, 0.3) is 53.2 Å². The van der Waals surface area contributed by atoms with Gasteiger partial charge in [-0.1, -0.05) is 173 Å². The summed E-state index contributed by atoms with van der Waals surface area (Å²) in [7, 11) is 0. The zero-order valence-corrected chi connectivity index (χ0v) is 36.4. The van der Waals surface area contributed by atoms with E-state index in [0.717, 1.165) is 23.5 Å². The molecule has 2 aliphatic rings. The molecule has 0 N–H and O–H groups in total. The molecule has 12 rings (SSSR count). The summed E-state index contributed by atoms with van der Waals surface area (Å²) < 4.78 is 2.62. The van der Waals surface area contributed by atoms with Crippen molar-refractivity contribution in [1.29, 1.82) is 0 Å². The lowest BCUT2D eigenvalue weighted by atomic mass is 9.67. The van der Waals surface area contributed by atoms with Crippen LogP contribution in [0.15, 0.2) is 200 Å². The zero-order chi connectivity index (χ0) is 41.8. The Morgan fingerprint density at radius 2 is 1.02 bits per heavy atom. The zero-order valence-electron chi connectivity index (χ0n) is 35.6. The largest absolute Gasteiger partial charge is 0.310 e. The van der Waals surface area contributed by atoms with Gasteiger partial charge in [-0.15, -0.1) is 11.3 Å². The van der Waals surface area contributed by atoms with Crippen LogP contribution in [0.1, 0.15) is 67.5 Å². The highest BCUT2D eigenvalue weighted by Crippen LogP contribution is 2.61. The summed E-state index contributed by atoms with van der Waals surface area (Å²) in [5.74, 6) is 0. The molecule has 0 aliphatic heterocycles. The second-order valence-corrected chi connectivity index (χ2v) is 19.9. The van der Waals surface area contributed by atoms with E-state index in [1.54, 1.807) is 0 Å². The third-order valence-corrected chi connectivity index (χ3v) is 15.2. The maximum absolute atomic E-state index is 2.62. The van der Waals surface area contributed by atoms with Crippen molar-refractivity contribution in [2.24, 2.45) is 0 Å². The second-order valence-electron chi connectivity index (χ2n) is 18.8. The maximum atomic E-state index is 2.62. The van der Waals surface area contributed by atoms with E-state index in [9.17, 15) is 0 Å². The first-order valence-electron chi connectivity index (χ1n) is 22.0. The summed E-state index contributed by atoms with van der Waals surface area (Å²) >= 11 is 1.87. The predicted octanol–water partition coefficient (Wildman–Crippen LogP) is 16.7. The molecule has 0 bridgehead atoms. The number of rotatable bonds is 6. The van der Waals surface area contributed by atoms with Gasteiger partial charge in [-0.05, 0) is 138 Å². The van der Waals surface area contributed by atoms with Crippen LogP contribution in [0.4, 0.5) is 17.1 Å². The fourth-order valence-corrected chi connectivity index (χ4v) is 12.8. The second kappa shape index (κ2) is 13.6. The molecule has 298 valence electrons. The first-order chi connectivity index (χ1) is 30.2.